The van der Waals surface area contributed by atoms with E-state index in [4.69, 9.17) is 21.1 Å². The summed E-state index contributed by atoms with van der Waals surface area (Å²) < 4.78 is 10.7. The lowest BCUT2D eigenvalue weighted by atomic mass is 9.41. The van der Waals surface area contributed by atoms with Crippen LogP contribution < -0.4 is 0 Å². The molecule has 2 N–H and O–H groups in total. The predicted molar refractivity (Wildman–Crippen MR) is 123 cm³/mol. The van der Waals surface area contributed by atoms with Crippen LogP contribution in [0, 0.1) is 28.6 Å². The molecule has 5 rings (SSSR count). The molecule has 188 valence electrons. The van der Waals surface area contributed by atoms with E-state index in [2.05, 4.69) is 6.92 Å². The fraction of sp³-hybridized carbons (Fsp3) is 0.808. The van der Waals surface area contributed by atoms with Gasteiger partial charge in [0, 0.05) is 17.9 Å². The van der Waals surface area contributed by atoms with Gasteiger partial charge in [-0.25, -0.2) is 4.79 Å². The van der Waals surface area contributed by atoms with Gasteiger partial charge in [-0.05, 0) is 81.6 Å². The van der Waals surface area contributed by atoms with E-state index in [1.807, 2.05) is 0 Å². The number of halogens is 1. The molecule has 1 aliphatic heterocycles. The highest BCUT2D eigenvalue weighted by Crippen LogP contribution is 2.70. The molecule has 9 atom stereocenters. The average molecular weight is 495 g/mol. The fourth-order valence-electron chi connectivity index (χ4n) is 8.68. The first-order chi connectivity index (χ1) is 16.0. The standard InChI is InChI=1S/C26H35ClO7/c1-15(27)22(30)34-17-3-8-24(14-28)19-4-7-23(2)18(16-11-21(29)33-13-16)6-10-26(23,32)20(19)5-9-25(24,31)12-17/h11,14-15,17-20,31-32H,3-10,12-13H2,1-2H3/t15?,17-,18+,19-,20+,23+,24-,25-,26?/m0/s1. The minimum atomic E-state index is -1.27. The molecule has 0 aromatic heterocycles. The molecule has 0 spiro atoms. The van der Waals surface area contributed by atoms with Crippen LogP contribution >= 0.6 is 11.6 Å². The number of carbonyl (C=O) groups is 3. The Morgan fingerprint density at radius 1 is 1.18 bits per heavy atom. The maximum absolute atomic E-state index is 12.8. The van der Waals surface area contributed by atoms with Gasteiger partial charge >= 0.3 is 11.9 Å². The molecular formula is C26H35ClO7. The summed E-state index contributed by atoms with van der Waals surface area (Å²) in [5, 5.41) is 23.3. The molecular weight excluding hydrogens is 460 g/mol. The molecule has 4 saturated carbocycles. The van der Waals surface area contributed by atoms with Gasteiger partial charge in [0.2, 0.25) is 0 Å². The van der Waals surface area contributed by atoms with Gasteiger partial charge in [0.1, 0.15) is 24.4 Å². The number of aliphatic hydroxyl groups is 2. The molecule has 0 aromatic rings. The molecule has 4 aliphatic carbocycles. The Bertz CT molecular complexity index is 932. The highest BCUT2D eigenvalue weighted by Gasteiger charge is 2.71. The first-order valence-corrected chi connectivity index (χ1v) is 13.1. The normalized spacial score (nSPS) is 48.6. The van der Waals surface area contributed by atoms with E-state index in [9.17, 15) is 24.6 Å². The van der Waals surface area contributed by atoms with Gasteiger partial charge in [0.15, 0.2) is 0 Å². The van der Waals surface area contributed by atoms with Crippen molar-refractivity contribution in [2.75, 3.05) is 6.61 Å². The van der Waals surface area contributed by atoms with Crippen LogP contribution in [-0.2, 0) is 23.9 Å². The number of hydrogen-bond acceptors (Lipinski definition) is 7. The number of fused-ring (bicyclic) bond motifs is 5. The summed E-state index contributed by atoms with van der Waals surface area (Å²) in [5.74, 6) is -0.995. The van der Waals surface area contributed by atoms with Crippen LogP contribution in [0.4, 0.5) is 0 Å². The zero-order valence-electron chi connectivity index (χ0n) is 19.9. The highest BCUT2D eigenvalue weighted by molar-refractivity contribution is 6.29. The quantitative estimate of drug-likeness (QED) is 0.351. The summed E-state index contributed by atoms with van der Waals surface area (Å²) in [6, 6.07) is 0. The Labute approximate surface area is 205 Å². The number of alkyl halides is 1. The zero-order chi connectivity index (χ0) is 24.5. The third kappa shape index (κ3) is 3.19. The van der Waals surface area contributed by atoms with Gasteiger partial charge in [-0.15, -0.1) is 11.6 Å². The number of esters is 2. The highest BCUT2D eigenvalue weighted by atomic mass is 35.5. The molecule has 1 heterocycles. The van der Waals surface area contributed by atoms with Crippen LogP contribution in [0.15, 0.2) is 11.6 Å². The first-order valence-electron chi connectivity index (χ1n) is 12.6. The Morgan fingerprint density at radius 2 is 1.91 bits per heavy atom. The third-order valence-electron chi connectivity index (χ3n) is 10.4. The van der Waals surface area contributed by atoms with Crippen molar-refractivity contribution >= 4 is 29.8 Å². The molecule has 7 nitrogen and oxygen atoms in total. The number of cyclic esters (lactones) is 1. The van der Waals surface area contributed by atoms with Crippen molar-refractivity contribution in [3.05, 3.63) is 11.6 Å². The van der Waals surface area contributed by atoms with Crippen molar-refractivity contribution in [3.63, 3.8) is 0 Å². The van der Waals surface area contributed by atoms with E-state index >= 15 is 0 Å². The van der Waals surface area contributed by atoms with Crippen molar-refractivity contribution in [2.45, 2.75) is 94.3 Å². The number of hydrogen-bond donors (Lipinski definition) is 2. The third-order valence-corrected chi connectivity index (χ3v) is 10.6. The topological polar surface area (TPSA) is 110 Å². The second-order valence-corrected chi connectivity index (χ2v) is 12.3. The van der Waals surface area contributed by atoms with Crippen molar-refractivity contribution in [3.8, 4) is 0 Å². The van der Waals surface area contributed by atoms with Crippen LogP contribution in [0.3, 0.4) is 0 Å². The van der Waals surface area contributed by atoms with E-state index in [1.54, 1.807) is 13.0 Å². The molecule has 2 unspecified atom stereocenters. The van der Waals surface area contributed by atoms with E-state index in [1.165, 1.54) is 0 Å². The second-order valence-electron chi connectivity index (χ2n) is 11.7. The Balaban J connectivity index is 1.43. The molecule has 0 saturated heterocycles. The lowest BCUT2D eigenvalue weighted by Crippen LogP contribution is -2.69. The maximum Gasteiger partial charge on any atom is 0.331 e. The summed E-state index contributed by atoms with van der Waals surface area (Å²) in [7, 11) is 0. The molecule has 5 aliphatic rings. The summed E-state index contributed by atoms with van der Waals surface area (Å²) in [5.41, 5.74) is -2.65. The summed E-state index contributed by atoms with van der Waals surface area (Å²) in [4.78, 5) is 36.5. The van der Waals surface area contributed by atoms with Crippen LogP contribution in [0.5, 0.6) is 0 Å². The van der Waals surface area contributed by atoms with Crippen molar-refractivity contribution in [1.29, 1.82) is 0 Å². The Kier molecular flexibility index (Phi) is 5.74. The average Bonchev–Trinajstić information content (AvgIpc) is 3.33. The molecule has 0 radical (unpaired) electrons. The van der Waals surface area contributed by atoms with Crippen molar-refractivity contribution in [1.82, 2.24) is 0 Å². The smallest absolute Gasteiger partial charge is 0.331 e. The van der Waals surface area contributed by atoms with E-state index < -0.39 is 39.5 Å². The summed E-state index contributed by atoms with van der Waals surface area (Å²) in [6.07, 6.45) is 7.02. The van der Waals surface area contributed by atoms with Gasteiger partial charge in [-0.3, -0.25) is 4.79 Å². The molecule has 8 heteroatoms. The number of rotatable bonds is 4. The minimum absolute atomic E-state index is 0.0746. The molecule has 34 heavy (non-hydrogen) atoms. The molecule has 0 amide bonds. The number of ether oxygens (including phenoxy) is 2. The largest absolute Gasteiger partial charge is 0.461 e. The second kappa shape index (κ2) is 8.04. The predicted octanol–water partition coefficient (Wildman–Crippen LogP) is 3.08. The van der Waals surface area contributed by atoms with E-state index in [-0.39, 0.29) is 30.1 Å². The molecule has 4 fully saturated rings. The van der Waals surface area contributed by atoms with Gasteiger partial charge in [-0.2, -0.15) is 0 Å². The molecule has 0 aromatic carbocycles. The van der Waals surface area contributed by atoms with Crippen molar-refractivity contribution < 1.29 is 34.1 Å². The zero-order valence-corrected chi connectivity index (χ0v) is 20.7. The Hall–Kier alpha value is -1.44. The Morgan fingerprint density at radius 3 is 2.56 bits per heavy atom. The van der Waals surface area contributed by atoms with Crippen LogP contribution in [0.25, 0.3) is 0 Å². The van der Waals surface area contributed by atoms with Gasteiger partial charge in [0.05, 0.1) is 16.6 Å². The lowest BCUT2D eigenvalue weighted by molar-refractivity contribution is -0.249. The summed E-state index contributed by atoms with van der Waals surface area (Å²) >= 11 is 5.86. The molecule has 0 bridgehead atoms. The van der Waals surface area contributed by atoms with Crippen molar-refractivity contribution in [2.24, 2.45) is 28.6 Å². The fourth-order valence-corrected chi connectivity index (χ4v) is 8.73. The van der Waals surface area contributed by atoms with Crippen LogP contribution in [0.2, 0.25) is 0 Å². The van der Waals surface area contributed by atoms with Crippen LogP contribution in [0.1, 0.15) is 71.6 Å². The van der Waals surface area contributed by atoms with Gasteiger partial charge < -0.3 is 24.5 Å². The minimum Gasteiger partial charge on any atom is -0.461 e. The number of carbonyl (C=O) groups excluding carboxylic acids is 3. The van der Waals surface area contributed by atoms with Gasteiger partial charge in [0.25, 0.3) is 0 Å². The SMILES string of the molecule is CC(Cl)C(=O)O[C@H]1CC[C@]2(C=O)[C@H]3CC[C@]4(C)[C@@H](C5=CC(=O)OC5)CCC4(O)[C@@H]3CC[C@]2(O)C1. The van der Waals surface area contributed by atoms with Crippen LogP contribution in [-0.4, -0.2) is 57.7 Å². The monoisotopic (exact) mass is 494 g/mol. The first kappa shape index (κ1) is 24.3. The summed E-state index contributed by atoms with van der Waals surface area (Å²) in [6.45, 7) is 3.98. The number of aldehydes is 1. The van der Waals surface area contributed by atoms with E-state index in [0.29, 0.717) is 45.1 Å². The maximum atomic E-state index is 12.8. The van der Waals surface area contributed by atoms with Gasteiger partial charge in [-0.1, -0.05) is 6.92 Å². The lowest BCUT2D eigenvalue weighted by Gasteiger charge is -2.65. The van der Waals surface area contributed by atoms with E-state index in [0.717, 1.165) is 24.7 Å².